The minimum absolute atomic E-state index is 0. The van der Waals surface area contributed by atoms with Crippen molar-refractivity contribution in [1.82, 2.24) is 0 Å². The van der Waals surface area contributed by atoms with Crippen molar-refractivity contribution in [3.05, 3.63) is 0 Å². The van der Waals surface area contributed by atoms with Crippen LogP contribution in [0.15, 0.2) is 0 Å². The molecule has 1 atom stereocenters. The molecule has 73 valence electrons. The fraction of sp³-hybridized carbons (Fsp3) is 0.900. The Morgan fingerprint density at radius 1 is 1.46 bits per heavy atom. The molecule has 0 aromatic heterocycles. The van der Waals surface area contributed by atoms with Crippen molar-refractivity contribution in [3.8, 4) is 0 Å². The average Bonchev–Trinajstić information content (AvgIpc) is 1.92. The van der Waals surface area contributed by atoms with E-state index in [4.69, 9.17) is 5.11 Å². The smallest absolute Gasteiger partial charge is 0.303 e. The van der Waals surface area contributed by atoms with Gasteiger partial charge >= 0.3 is 5.97 Å². The summed E-state index contributed by atoms with van der Waals surface area (Å²) in [5.41, 5.74) is 0.247. The van der Waals surface area contributed by atoms with Gasteiger partial charge in [0, 0.05) is 33.7 Å². The quantitative estimate of drug-likeness (QED) is 0.753. The molecule has 0 spiro atoms. The van der Waals surface area contributed by atoms with Crippen molar-refractivity contribution in [1.29, 1.82) is 0 Å². The Hall–Kier alpha value is 0.392. The Kier molecular flexibility index (Phi) is 5.48. The molecule has 1 aliphatic carbocycles. The van der Waals surface area contributed by atoms with Crippen LogP contribution in [0.5, 0.6) is 0 Å². The summed E-state index contributed by atoms with van der Waals surface area (Å²) in [4.78, 5) is 10.6. The number of aliphatic carboxylic acids is 1. The van der Waals surface area contributed by atoms with E-state index >= 15 is 0 Å². The van der Waals surface area contributed by atoms with E-state index in [0.29, 0.717) is 12.3 Å². The van der Waals surface area contributed by atoms with Gasteiger partial charge in [0.1, 0.15) is 0 Å². The maximum absolute atomic E-state index is 10.6. The Labute approximate surface area is 100 Å². The number of carboxylic acid groups (broad SMARTS) is 1. The van der Waals surface area contributed by atoms with E-state index in [1.165, 1.54) is 19.3 Å². The number of rotatable bonds is 2. The summed E-state index contributed by atoms with van der Waals surface area (Å²) in [5.74, 6) is -0.251. The predicted molar refractivity (Wildman–Crippen MR) is 53.7 cm³/mol. The van der Waals surface area contributed by atoms with Gasteiger partial charge < -0.3 is 5.11 Å². The van der Waals surface area contributed by atoms with Crippen LogP contribution in [0.1, 0.15) is 46.0 Å². The molecule has 0 aliphatic heterocycles. The summed E-state index contributed by atoms with van der Waals surface area (Å²) in [6.07, 6.45) is 5.11. The largest absolute Gasteiger partial charge is 0.481 e. The first-order valence-electron chi connectivity index (χ1n) is 4.74. The van der Waals surface area contributed by atoms with Crippen molar-refractivity contribution in [3.63, 3.8) is 0 Å². The zero-order valence-electron chi connectivity index (χ0n) is 8.55. The van der Waals surface area contributed by atoms with Gasteiger partial charge in [0.05, 0.1) is 0 Å². The molecule has 1 radical (unpaired) electrons. The third-order valence-electron chi connectivity index (χ3n) is 3.15. The summed E-state index contributed by atoms with van der Waals surface area (Å²) >= 11 is 0. The number of carboxylic acids is 1. The Balaban J connectivity index is 0.00000144. The predicted octanol–water partition coefficient (Wildman–Crippen LogP) is 2.30. The first-order chi connectivity index (χ1) is 5.52. The zero-order chi connectivity index (χ0) is 9.19. The summed E-state index contributed by atoms with van der Waals surface area (Å²) in [5, 5.41) is 8.70. The monoisotopic (exact) mass is 375 g/mol. The second kappa shape index (κ2) is 5.32. The molecule has 3 heteroatoms. The van der Waals surface area contributed by atoms with Gasteiger partial charge in [-0.15, -0.1) is 0 Å². The third-order valence-corrected chi connectivity index (χ3v) is 3.15. The second-order valence-electron chi connectivity index (χ2n) is 4.53. The van der Waals surface area contributed by atoms with Gasteiger partial charge in [-0.1, -0.05) is 26.7 Å². The van der Waals surface area contributed by atoms with Crippen LogP contribution in [0, 0.1) is 11.3 Å². The van der Waals surface area contributed by atoms with Gasteiger partial charge in [-0.2, -0.15) is 0 Å². The molecule has 0 heterocycles. The van der Waals surface area contributed by atoms with Crippen LogP contribution in [0.4, 0.5) is 0 Å². The maximum Gasteiger partial charge on any atom is 0.303 e. The molecule has 1 unspecified atom stereocenters. The normalized spacial score (nSPS) is 26.2. The minimum atomic E-state index is -0.644. The third kappa shape index (κ3) is 3.96. The van der Waals surface area contributed by atoms with E-state index in [9.17, 15) is 4.79 Å². The van der Waals surface area contributed by atoms with E-state index < -0.39 is 5.97 Å². The number of hydrogen-bond acceptors (Lipinski definition) is 1. The summed E-state index contributed by atoms with van der Waals surface area (Å²) in [6, 6.07) is 0. The van der Waals surface area contributed by atoms with Gasteiger partial charge in [0.2, 0.25) is 0 Å². The molecule has 1 saturated carbocycles. The van der Waals surface area contributed by atoms with E-state index in [2.05, 4.69) is 13.8 Å². The van der Waals surface area contributed by atoms with Crippen molar-refractivity contribution in [2.45, 2.75) is 46.0 Å². The molecular formula is C10H18O2Tl. The van der Waals surface area contributed by atoms with Crippen molar-refractivity contribution < 1.29 is 9.90 Å². The van der Waals surface area contributed by atoms with Gasteiger partial charge in [-0.05, 0) is 24.2 Å². The molecule has 0 aromatic rings. The molecule has 0 saturated heterocycles. The van der Waals surface area contributed by atoms with Crippen LogP contribution >= 0.6 is 0 Å². The molecule has 0 aromatic carbocycles. The molecule has 13 heavy (non-hydrogen) atoms. The molecular weight excluding hydrogens is 356 g/mol. The van der Waals surface area contributed by atoms with Crippen molar-refractivity contribution in [2.24, 2.45) is 11.3 Å². The van der Waals surface area contributed by atoms with Crippen LogP contribution in [0.25, 0.3) is 0 Å². The van der Waals surface area contributed by atoms with Crippen LogP contribution in [0.3, 0.4) is 0 Å². The summed E-state index contributed by atoms with van der Waals surface area (Å²) in [7, 11) is 0. The van der Waals surface area contributed by atoms with E-state index in [1.54, 1.807) is 0 Å². The van der Waals surface area contributed by atoms with E-state index in [1.807, 2.05) is 0 Å². The molecule has 1 N–H and O–H groups in total. The SMILES string of the molecule is CC1(C)CCCCC1CC(=O)O.[Tl]. The van der Waals surface area contributed by atoms with Crippen LogP contribution in [-0.2, 0) is 4.79 Å². The van der Waals surface area contributed by atoms with E-state index in [0.717, 1.165) is 6.42 Å². The number of hydrogen-bond donors (Lipinski definition) is 1. The van der Waals surface area contributed by atoms with E-state index in [-0.39, 0.29) is 32.7 Å². The fourth-order valence-corrected chi connectivity index (χ4v) is 2.16. The Bertz CT molecular complexity index is 178. The molecule has 1 fully saturated rings. The molecule has 0 amide bonds. The maximum atomic E-state index is 10.6. The summed E-state index contributed by atoms with van der Waals surface area (Å²) in [6.45, 7) is 4.39. The first kappa shape index (κ1) is 13.4. The van der Waals surface area contributed by atoms with Gasteiger partial charge in [0.25, 0.3) is 0 Å². The van der Waals surface area contributed by atoms with Gasteiger partial charge in [0.15, 0.2) is 0 Å². The number of carbonyl (C=O) groups is 1. The van der Waals surface area contributed by atoms with Crippen LogP contribution < -0.4 is 0 Å². The molecule has 1 rings (SSSR count). The molecule has 1 aliphatic rings. The summed E-state index contributed by atoms with van der Waals surface area (Å²) < 4.78 is 0. The topological polar surface area (TPSA) is 37.3 Å². The molecule has 2 nitrogen and oxygen atoms in total. The Morgan fingerprint density at radius 2 is 2.08 bits per heavy atom. The minimum Gasteiger partial charge on any atom is -0.481 e. The van der Waals surface area contributed by atoms with Crippen molar-refractivity contribution >= 4 is 33.3 Å². The fourth-order valence-electron chi connectivity index (χ4n) is 2.16. The standard InChI is InChI=1S/C10H18O2.Tl/c1-10(2)6-4-3-5-8(10)7-9(11)12;/h8H,3-7H2,1-2H3,(H,11,12);. The van der Waals surface area contributed by atoms with Gasteiger partial charge in [-0.25, -0.2) is 0 Å². The first-order valence-corrected chi connectivity index (χ1v) is 4.74. The molecule has 0 bridgehead atoms. The van der Waals surface area contributed by atoms with Gasteiger partial charge in [-0.3, -0.25) is 4.79 Å². The van der Waals surface area contributed by atoms with Crippen LogP contribution in [0.2, 0.25) is 0 Å². The van der Waals surface area contributed by atoms with Crippen molar-refractivity contribution in [2.75, 3.05) is 0 Å². The second-order valence-corrected chi connectivity index (χ2v) is 4.53. The Morgan fingerprint density at radius 3 is 2.54 bits per heavy atom. The zero-order valence-corrected chi connectivity index (χ0v) is 13.0. The average molecular weight is 375 g/mol. The van der Waals surface area contributed by atoms with Crippen LogP contribution in [-0.4, -0.2) is 38.4 Å².